The van der Waals surface area contributed by atoms with E-state index in [-0.39, 0.29) is 24.0 Å². The molecule has 290 valence electrons. The maximum atomic E-state index is 12.6. The lowest BCUT2D eigenvalue weighted by Gasteiger charge is -2.21. The number of unbranched alkanes of at least 4 members (excludes halogenated alkanes) is 9. The van der Waals surface area contributed by atoms with Gasteiger partial charge in [-0.1, -0.05) is 106 Å². The minimum Gasteiger partial charge on any atom is -0.465 e. The van der Waals surface area contributed by atoms with Crippen LogP contribution in [0.5, 0.6) is 0 Å². The molecule has 0 fully saturated rings. The van der Waals surface area contributed by atoms with Crippen LogP contribution in [-0.2, 0) is 28.6 Å². The van der Waals surface area contributed by atoms with Crippen molar-refractivity contribution in [1.29, 1.82) is 0 Å². The van der Waals surface area contributed by atoms with Crippen LogP contribution in [0.15, 0.2) is 0 Å². The van der Waals surface area contributed by atoms with E-state index in [0.717, 1.165) is 103 Å². The summed E-state index contributed by atoms with van der Waals surface area (Å²) < 4.78 is 17.2. The molecular weight excluding hydrogens is 614 g/mol. The molecule has 0 saturated carbocycles. The van der Waals surface area contributed by atoms with E-state index in [4.69, 9.17) is 14.2 Å². The molecule has 0 bridgehead atoms. The Hall–Kier alpha value is -1.63. The van der Waals surface area contributed by atoms with Crippen LogP contribution in [0, 0.1) is 29.6 Å². The SMILES string of the molecule is CCCCC(COC(=O)CCCCCCCC(CCCCCCCC(=O)OCC(CCC(C)C)C(C)C)OC(=O)CCCN(C)C)C(C)C. The average molecular weight is 696 g/mol. The zero-order chi connectivity index (χ0) is 36.9. The lowest BCUT2D eigenvalue weighted by atomic mass is 9.89. The summed E-state index contributed by atoms with van der Waals surface area (Å²) in [7, 11) is 4.04. The van der Waals surface area contributed by atoms with Crippen LogP contribution < -0.4 is 0 Å². The second kappa shape index (κ2) is 31.1. The average Bonchev–Trinajstić information content (AvgIpc) is 3.02. The smallest absolute Gasteiger partial charge is 0.306 e. The number of esters is 3. The second-order valence-electron chi connectivity index (χ2n) is 16.1. The third-order valence-corrected chi connectivity index (χ3v) is 9.94. The van der Waals surface area contributed by atoms with Crippen molar-refractivity contribution in [2.24, 2.45) is 29.6 Å². The number of rotatable bonds is 33. The monoisotopic (exact) mass is 696 g/mol. The first-order valence-electron chi connectivity index (χ1n) is 20.5. The van der Waals surface area contributed by atoms with E-state index >= 15 is 0 Å². The molecule has 3 unspecified atom stereocenters. The number of ether oxygens (including phenoxy) is 3. The first-order valence-corrected chi connectivity index (χ1v) is 20.5. The van der Waals surface area contributed by atoms with Gasteiger partial charge in [0.15, 0.2) is 0 Å². The van der Waals surface area contributed by atoms with Gasteiger partial charge in [-0.05, 0) is 108 Å². The van der Waals surface area contributed by atoms with Gasteiger partial charge >= 0.3 is 17.9 Å². The van der Waals surface area contributed by atoms with Crippen molar-refractivity contribution >= 4 is 17.9 Å². The molecule has 0 N–H and O–H groups in total. The second-order valence-corrected chi connectivity index (χ2v) is 16.1. The summed E-state index contributed by atoms with van der Waals surface area (Å²) >= 11 is 0. The zero-order valence-electron chi connectivity index (χ0n) is 33.8. The van der Waals surface area contributed by atoms with Gasteiger partial charge in [0.05, 0.1) is 13.2 Å². The minimum atomic E-state index is -0.0813. The molecule has 0 spiro atoms. The Kier molecular flexibility index (Phi) is 30.1. The standard InChI is InChI=1S/C42H81NO6/c1-10-11-23-37(35(4)5)32-47-40(44)26-20-16-12-14-18-24-39(49-42(46)28-22-31-43(8)9)25-19-15-13-17-21-27-41(45)48-33-38(36(6)7)30-29-34(2)3/h34-39H,10-33H2,1-9H3. The fourth-order valence-corrected chi connectivity index (χ4v) is 6.17. The first-order chi connectivity index (χ1) is 23.3. The highest BCUT2D eigenvalue weighted by molar-refractivity contribution is 5.70. The Morgan fingerprint density at radius 2 is 0.959 bits per heavy atom. The van der Waals surface area contributed by atoms with Crippen LogP contribution >= 0.6 is 0 Å². The molecule has 0 saturated heterocycles. The molecule has 0 aliphatic carbocycles. The molecular formula is C42H81NO6. The highest BCUT2D eigenvalue weighted by Crippen LogP contribution is 2.22. The Balaban J connectivity index is 4.35. The van der Waals surface area contributed by atoms with Crippen LogP contribution in [0.3, 0.4) is 0 Å². The normalized spacial score (nSPS) is 13.7. The third kappa shape index (κ3) is 29.8. The zero-order valence-corrected chi connectivity index (χ0v) is 33.8. The van der Waals surface area contributed by atoms with Crippen molar-refractivity contribution in [3.63, 3.8) is 0 Å². The Morgan fingerprint density at radius 3 is 1.41 bits per heavy atom. The van der Waals surface area contributed by atoms with Gasteiger partial charge in [0.25, 0.3) is 0 Å². The van der Waals surface area contributed by atoms with E-state index in [2.05, 4.69) is 53.4 Å². The predicted octanol–water partition coefficient (Wildman–Crippen LogP) is 11.0. The molecule has 0 aromatic carbocycles. The molecule has 0 aromatic heterocycles. The van der Waals surface area contributed by atoms with Crippen molar-refractivity contribution < 1.29 is 28.6 Å². The van der Waals surface area contributed by atoms with Gasteiger partial charge in [0, 0.05) is 19.3 Å². The Labute approximate surface area is 303 Å². The summed E-state index contributed by atoms with van der Waals surface area (Å²) in [4.78, 5) is 39.2. The van der Waals surface area contributed by atoms with E-state index in [1.807, 2.05) is 14.1 Å². The maximum absolute atomic E-state index is 12.6. The van der Waals surface area contributed by atoms with E-state index in [1.54, 1.807) is 0 Å². The quantitative estimate of drug-likeness (QED) is 0.0384. The van der Waals surface area contributed by atoms with Crippen LogP contribution in [0.4, 0.5) is 0 Å². The molecule has 49 heavy (non-hydrogen) atoms. The number of hydrogen-bond acceptors (Lipinski definition) is 7. The van der Waals surface area contributed by atoms with Gasteiger partial charge in [-0.15, -0.1) is 0 Å². The molecule has 0 aromatic rings. The molecule has 0 amide bonds. The highest BCUT2D eigenvalue weighted by atomic mass is 16.5. The van der Waals surface area contributed by atoms with E-state index in [0.29, 0.717) is 62.1 Å². The molecule has 0 heterocycles. The summed E-state index contributed by atoms with van der Waals surface area (Å²) in [6.45, 7) is 17.5. The Morgan fingerprint density at radius 1 is 0.510 bits per heavy atom. The number of carbonyl (C=O) groups is 3. The molecule has 0 rings (SSSR count). The summed E-state index contributed by atoms with van der Waals surface area (Å²) in [5.74, 6) is 2.44. The predicted molar refractivity (Wildman–Crippen MR) is 204 cm³/mol. The van der Waals surface area contributed by atoms with Crippen LogP contribution in [0.1, 0.15) is 183 Å². The van der Waals surface area contributed by atoms with Gasteiger partial charge in [-0.2, -0.15) is 0 Å². The van der Waals surface area contributed by atoms with Gasteiger partial charge in [0.2, 0.25) is 0 Å². The van der Waals surface area contributed by atoms with Crippen molar-refractivity contribution in [2.75, 3.05) is 33.9 Å². The summed E-state index contributed by atoms with van der Waals surface area (Å²) in [6.07, 6.45) is 20.0. The fraction of sp³-hybridized carbons (Fsp3) is 0.929. The third-order valence-electron chi connectivity index (χ3n) is 9.94. The fourth-order valence-electron chi connectivity index (χ4n) is 6.17. The molecule has 3 atom stereocenters. The summed E-state index contributed by atoms with van der Waals surface area (Å²) in [5, 5.41) is 0. The number of hydrogen-bond donors (Lipinski definition) is 0. The van der Waals surface area contributed by atoms with Crippen molar-refractivity contribution in [3.8, 4) is 0 Å². The van der Waals surface area contributed by atoms with Gasteiger partial charge in [-0.25, -0.2) is 0 Å². The van der Waals surface area contributed by atoms with E-state index in [9.17, 15) is 14.4 Å². The van der Waals surface area contributed by atoms with Gasteiger partial charge < -0.3 is 19.1 Å². The Bertz CT molecular complexity index is 811. The molecule has 0 aliphatic heterocycles. The lowest BCUT2D eigenvalue weighted by molar-refractivity contribution is -0.150. The van der Waals surface area contributed by atoms with Gasteiger partial charge in [-0.3, -0.25) is 14.4 Å². The minimum absolute atomic E-state index is 0.0250. The van der Waals surface area contributed by atoms with Crippen molar-refractivity contribution in [1.82, 2.24) is 4.90 Å². The van der Waals surface area contributed by atoms with E-state index < -0.39 is 0 Å². The summed E-state index contributed by atoms with van der Waals surface area (Å²) in [5.41, 5.74) is 0. The summed E-state index contributed by atoms with van der Waals surface area (Å²) in [6, 6.07) is 0. The van der Waals surface area contributed by atoms with E-state index in [1.165, 1.54) is 19.3 Å². The van der Waals surface area contributed by atoms with Crippen molar-refractivity contribution in [3.05, 3.63) is 0 Å². The number of carbonyl (C=O) groups excluding carboxylic acids is 3. The molecule has 0 radical (unpaired) electrons. The van der Waals surface area contributed by atoms with Crippen LogP contribution in [-0.4, -0.2) is 62.8 Å². The van der Waals surface area contributed by atoms with Crippen LogP contribution in [0.2, 0.25) is 0 Å². The molecule has 7 heteroatoms. The van der Waals surface area contributed by atoms with Crippen LogP contribution in [0.25, 0.3) is 0 Å². The lowest BCUT2D eigenvalue weighted by Crippen LogP contribution is -2.20. The molecule has 0 aliphatic rings. The molecule has 7 nitrogen and oxygen atoms in total. The van der Waals surface area contributed by atoms with Gasteiger partial charge in [0.1, 0.15) is 6.10 Å². The number of nitrogens with zero attached hydrogens (tertiary/aromatic N) is 1. The van der Waals surface area contributed by atoms with Crippen molar-refractivity contribution in [2.45, 2.75) is 189 Å². The highest BCUT2D eigenvalue weighted by Gasteiger charge is 2.18. The first kappa shape index (κ1) is 47.4. The maximum Gasteiger partial charge on any atom is 0.306 e. The topological polar surface area (TPSA) is 82.1 Å². The largest absolute Gasteiger partial charge is 0.465 e.